The highest BCUT2D eigenvalue weighted by Crippen LogP contribution is 2.26. The molecule has 20 heavy (non-hydrogen) atoms. The molecule has 0 saturated heterocycles. The van der Waals surface area contributed by atoms with Crippen LogP contribution in [0.2, 0.25) is 0 Å². The fraction of sp³-hybridized carbons (Fsp3) is 0.867. The summed E-state index contributed by atoms with van der Waals surface area (Å²) in [4.78, 5) is 2.43. The highest BCUT2D eigenvalue weighted by Gasteiger charge is 2.23. The van der Waals surface area contributed by atoms with Crippen LogP contribution in [-0.2, 0) is 17.8 Å². The van der Waals surface area contributed by atoms with E-state index in [2.05, 4.69) is 26.6 Å². The van der Waals surface area contributed by atoms with Gasteiger partial charge in [0.2, 0.25) is 0 Å². The van der Waals surface area contributed by atoms with Crippen molar-refractivity contribution in [1.82, 2.24) is 19.7 Å². The summed E-state index contributed by atoms with van der Waals surface area (Å²) in [5.41, 5.74) is 0. The SMILES string of the molecule is Cc1nnc2n1CCN(CCOC1CCCCC1C)C2. The van der Waals surface area contributed by atoms with Crippen LogP contribution in [0.1, 0.15) is 44.3 Å². The fourth-order valence-electron chi connectivity index (χ4n) is 3.41. The number of nitrogens with zero attached hydrogens (tertiary/aromatic N) is 4. The lowest BCUT2D eigenvalue weighted by atomic mass is 9.88. The van der Waals surface area contributed by atoms with Crippen LogP contribution in [0.15, 0.2) is 0 Å². The maximum absolute atomic E-state index is 6.11. The van der Waals surface area contributed by atoms with Gasteiger partial charge in [-0.25, -0.2) is 0 Å². The van der Waals surface area contributed by atoms with Crippen LogP contribution in [0.25, 0.3) is 0 Å². The molecule has 3 rings (SSSR count). The smallest absolute Gasteiger partial charge is 0.147 e. The average Bonchev–Trinajstić information content (AvgIpc) is 2.82. The Labute approximate surface area is 121 Å². The predicted molar refractivity (Wildman–Crippen MR) is 77.4 cm³/mol. The minimum Gasteiger partial charge on any atom is -0.377 e. The van der Waals surface area contributed by atoms with E-state index in [1.165, 1.54) is 25.7 Å². The summed E-state index contributed by atoms with van der Waals surface area (Å²) < 4.78 is 8.33. The van der Waals surface area contributed by atoms with E-state index < -0.39 is 0 Å². The molecule has 0 amide bonds. The lowest BCUT2D eigenvalue weighted by Crippen LogP contribution is -2.37. The Balaban J connectivity index is 1.43. The summed E-state index contributed by atoms with van der Waals surface area (Å²) >= 11 is 0. The molecule has 112 valence electrons. The molecule has 2 heterocycles. The van der Waals surface area contributed by atoms with Crippen molar-refractivity contribution in [2.75, 3.05) is 19.7 Å². The van der Waals surface area contributed by atoms with Gasteiger partial charge in [-0.05, 0) is 25.7 Å². The average molecular weight is 278 g/mol. The molecule has 1 saturated carbocycles. The van der Waals surface area contributed by atoms with Crippen LogP contribution in [0.4, 0.5) is 0 Å². The Morgan fingerprint density at radius 3 is 2.90 bits per heavy atom. The molecule has 1 aliphatic carbocycles. The molecule has 5 nitrogen and oxygen atoms in total. The molecule has 2 unspecified atom stereocenters. The van der Waals surface area contributed by atoms with Crippen LogP contribution in [0.3, 0.4) is 0 Å². The first-order valence-corrected chi connectivity index (χ1v) is 7.96. The predicted octanol–water partition coefficient (Wildman–Crippen LogP) is 2.00. The number of aryl methyl sites for hydroxylation is 1. The number of hydrogen-bond acceptors (Lipinski definition) is 4. The van der Waals surface area contributed by atoms with Crippen molar-refractivity contribution in [1.29, 1.82) is 0 Å². The molecule has 1 fully saturated rings. The summed E-state index contributed by atoms with van der Waals surface area (Å²) in [5.74, 6) is 2.86. The molecule has 1 aliphatic heterocycles. The van der Waals surface area contributed by atoms with Gasteiger partial charge in [-0.15, -0.1) is 10.2 Å². The lowest BCUT2D eigenvalue weighted by Gasteiger charge is -2.31. The summed E-state index contributed by atoms with van der Waals surface area (Å²) in [7, 11) is 0. The van der Waals surface area contributed by atoms with E-state index in [-0.39, 0.29) is 0 Å². The monoisotopic (exact) mass is 278 g/mol. The first-order valence-electron chi connectivity index (χ1n) is 7.96. The summed E-state index contributed by atoms with van der Waals surface area (Å²) in [6, 6.07) is 0. The highest BCUT2D eigenvalue weighted by molar-refractivity contribution is 4.96. The van der Waals surface area contributed by atoms with E-state index in [1.54, 1.807) is 0 Å². The van der Waals surface area contributed by atoms with Crippen molar-refractivity contribution in [2.24, 2.45) is 5.92 Å². The van der Waals surface area contributed by atoms with Gasteiger partial charge in [0.1, 0.15) is 11.6 Å². The maximum atomic E-state index is 6.11. The van der Waals surface area contributed by atoms with Gasteiger partial charge in [-0.1, -0.05) is 19.8 Å². The molecule has 0 bridgehead atoms. The van der Waals surface area contributed by atoms with Crippen LogP contribution in [-0.4, -0.2) is 45.5 Å². The zero-order valence-electron chi connectivity index (χ0n) is 12.7. The topological polar surface area (TPSA) is 43.2 Å². The molecule has 1 aromatic heterocycles. The Bertz CT molecular complexity index is 445. The van der Waals surface area contributed by atoms with E-state index >= 15 is 0 Å². The normalized spacial score (nSPS) is 27.5. The Morgan fingerprint density at radius 2 is 2.05 bits per heavy atom. The van der Waals surface area contributed by atoms with Crippen LogP contribution in [0.5, 0.6) is 0 Å². The van der Waals surface area contributed by atoms with Gasteiger partial charge in [-0.2, -0.15) is 0 Å². The molecule has 0 aromatic carbocycles. The van der Waals surface area contributed by atoms with Crippen molar-refractivity contribution in [3.8, 4) is 0 Å². The largest absolute Gasteiger partial charge is 0.377 e. The van der Waals surface area contributed by atoms with Crippen molar-refractivity contribution < 1.29 is 4.74 Å². The van der Waals surface area contributed by atoms with Crippen LogP contribution in [0, 0.1) is 12.8 Å². The van der Waals surface area contributed by atoms with E-state index in [1.807, 2.05) is 6.92 Å². The molecule has 2 aliphatic rings. The molecule has 1 aromatic rings. The minimum atomic E-state index is 0.486. The first kappa shape index (κ1) is 14.0. The molecule has 0 spiro atoms. The summed E-state index contributed by atoms with van der Waals surface area (Å²) in [5, 5.41) is 8.40. The van der Waals surface area contributed by atoms with Gasteiger partial charge in [0, 0.05) is 19.6 Å². The van der Waals surface area contributed by atoms with Gasteiger partial charge in [0.05, 0.1) is 19.3 Å². The van der Waals surface area contributed by atoms with E-state index in [9.17, 15) is 0 Å². The zero-order valence-corrected chi connectivity index (χ0v) is 12.7. The summed E-state index contributed by atoms with van der Waals surface area (Å²) in [6.07, 6.45) is 5.77. The quantitative estimate of drug-likeness (QED) is 0.845. The number of fused-ring (bicyclic) bond motifs is 1. The lowest BCUT2D eigenvalue weighted by molar-refractivity contribution is -0.0161. The van der Waals surface area contributed by atoms with Gasteiger partial charge in [-0.3, -0.25) is 4.90 Å². The molecule has 0 radical (unpaired) electrons. The van der Waals surface area contributed by atoms with Crippen molar-refractivity contribution in [2.45, 2.75) is 58.7 Å². The van der Waals surface area contributed by atoms with Crippen molar-refractivity contribution in [3.05, 3.63) is 11.6 Å². The molecular weight excluding hydrogens is 252 g/mol. The summed E-state index contributed by atoms with van der Waals surface area (Å²) in [6.45, 7) is 9.21. The van der Waals surface area contributed by atoms with Gasteiger partial charge >= 0.3 is 0 Å². The standard InChI is InChI=1S/C15H26N4O/c1-12-5-3-4-6-14(12)20-10-9-18-7-8-19-13(2)16-17-15(19)11-18/h12,14H,3-11H2,1-2H3. The van der Waals surface area contributed by atoms with E-state index in [4.69, 9.17) is 4.74 Å². The number of aromatic nitrogens is 3. The second-order valence-corrected chi connectivity index (χ2v) is 6.26. The Morgan fingerprint density at radius 1 is 1.20 bits per heavy atom. The van der Waals surface area contributed by atoms with Gasteiger partial charge < -0.3 is 9.30 Å². The third kappa shape index (κ3) is 3.04. The van der Waals surface area contributed by atoms with Crippen molar-refractivity contribution in [3.63, 3.8) is 0 Å². The molecule has 0 N–H and O–H groups in total. The maximum Gasteiger partial charge on any atom is 0.147 e. The van der Waals surface area contributed by atoms with Crippen LogP contribution < -0.4 is 0 Å². The number of hydrogen-bond donors (Lipinski definition) is 0. The Kier molecular flexibility index (Phi) is 4.36. The second-order valence-electron chi connectivity index (χ2n) is 6.26. The number of rotatable bonds is 4. The first-order chi connectivity index (χ1) is 9.74. The minimum absolute atomic E-state index is 0.486. The molecule has 2 atom stereocenters. The molecule has 5 heteroatoms. The number of ether oxygens (including phenoxy) is 1. The van der Waals surface area contributed by atoms with E-state index in [0.717, 1.165) is 50.4 Å². The van der Waals surface area contributed by atoms with Gasteiger partial charge in [0.25, 0.3) is 0 Å². The van der Waals surface area contributed by atoms with Crippen molar-refractivity contribution >= 4 is 0 Å². The Hall–Kier alpha value is -0.940. The van der Waals surface area contributed by atoms with Crippen LogP contribution >= 0.6 is 0 Å². The third-order valence-electron chi connectivity index (χ3n) is 4.79. The fourth-order valence-corrected chi connectivity index (χ4v) is 3.41. The second kappa shape index (κ2) is 6.22. The third-order valence-corrected chi connectivity index (χ3v) is 4.79. The zero-order chi connectivity index (χ0) is 13.9. The molecular formula is C15H26N4O. The van der Waals surface area contributed by atoms with Gasteiger partial charge in [0.15, 0.2) is 0 Å². The highest BCUT2D eigenvalue weighted by atomic mass is 16.5. The van der Waals surface area contributed by atoms with E-state index in [0.29, 0.717) is 6.10 Å².